The smallest absolute Gasteiger partial charge is 0.192 e. The molecule has 0 spiro atoms. The van der Waals surface area contributed by atoms with Crippen molar-refractivity contribution in [2.45, 2.75) is 6.04 Å². The summed E-state index contributed by atoms with van der Waals surface area (Å²) < 4.78 is 13.8. The molecule has 5 heteroatoms. The van der Waals surface area contributed by atoms with Crippen molar-refractivity contribution in [2.24, 2.45) is 10.7 Å². The Morgan fingerprint density at radius 3 is 3.06 bits per heavy atom. The van der Waals surface area contributed by atoms with Gasteiger partial charge < -0.3 is 10.6 Å². The van der Waals surface area contributed by atoms with Crippen LogP contribution in [0, 0.1) is 5.82 Å². The lowest BCUT2D eigenvalue weighted by molar-refractivity contribution is 0.369. The van der Waals surface area contributed by atoms with Gasteiger partial charge in [-0.15, -0.1) is 6.58 Å². The first kappa shape index (κ1) is 11.9. The van der Waals surface area contributed by atoms with Crippen LogP contribution >= 0.6 is 11.6 Å². The Morgan fingerprint density at radius 2 is 2.41 bits per heavy atom. The molecule has 17 heavy (non-hydrogen) atoms. The Morgan fingerprint density at radius 1 is 1.65 bits per heavy atom. The van der Waals surface area contributed by atoms with Crippen molar-refractivity contribution < 1.29 is 4.39 Å². The zero-order chi connectivity index (χ0) is 12.4. The molecule has 1 aromatic rings. The summed E-state index contributed by atoms with van der Waals surface area (Å²) in [6.45, 7) is 4.59. The number of hydrogen-bond donors (Lipinski definition) is 1. The van der Waals surface area contributed by atoms with Crippen LogP contribution in [0.4, 0.5) is 4.39 Å². The minimum atomic E-state index is -0.332. The maximum Gasteiger partial charge on any atom is 0.192 e. The standard InChI is InChI=1S/C12H13ClFN3/c1-2-6-17-10(7-16-12(17)15)11-8(13)4-3-5-9(11)14/h2-5,10H,1,6-7H2,(H2,15,16). The molecule has 90 valence electrons. The Kier molecular flexibility index (Phi) is 3.33. The van der Waals surface area contributed by atoms with Crippen LogP contribution in [0.15, 0.2) is 35.8 Å². The van der Waals surface area contributed by atoms with Crippen molar-refractivity contribution in [2.75, 3.05) is 13.1 Å². The predicted molar refractivity (Wildman–Crippen MR) is 67.5 cm³/mol. The second-order valence-corrected chi connectivity index (χ2v) is 4.20. The third kappa shape index (κ3) is 2.13. The van der Waals surface area contributed by atoms with Crippen molar-refractivity contribution in [1.29, 1.82) is 0 Å². The molecule has 1 heterocycles. The van der Waals surface area contributed by atoms with E-state index in [0.717, 1.165) is 0 Å². The average molecular weight is 254 g/mol. The van der Waals surface area contributed by atoms with Gasteiger partial charge in [0.2, 0.25) is 0 Å². The van der Waals surface area contributed by atoms with E-state index in [1.807, 2.05) is 0 Å². The molecule has 1 unspecified atom stereocenters. The van der Waals surface area contributed by atoms with E-state index in [1.54, 1.807) is 23.1 Å². The molecule has 0 saturated carbocycles. The largest absolute Gasteiger partial charge is 0.370 e. The van der Waals surface area contributed by atoms with Crippen LogP contribution in [0.25, 0.3) is 0 Å². The van der Waals surface area contributed by atoms with Crippen molar-refractivity contribution >= 4 is 17.6 Å². The highest BCUT2D eigenvalue weighted by Crippen LogP contribution is 2.32. The van der Waals surface area contributed by atoms with E-state index in [9.17, 15) is 4.39 Å². The summed E-state index contributed by atoms with van der Waals surface area (Å²) in [6.07, 6.45) is 1.70. The van der Waals surface area contributed by atoms with Crippen LogP contribution in [-0.2, 0) is 0 Å². The molecule has 0 aliphatic carbocycles. The molecular formula is C12H13ClFN3. The quantitative estimate of drug-likeness (QED) is 0.840. The van der Waals surface area contributed by atoms with E-state index in [4.69, 9.17) is 17.3 Å². The molecule has 0 amide bonds. The monoisotopic (exact) mass is 253 g/mol. The number of rotatable bonds is 3. The third-order valence-corrected chi connectivity index (χ3v) is 3.09. The molecule has 0 radical (unpaired) electrons. The fourth-order valence-corrected chi connectivity index (χ4v) is 2.25. The Balaban J connectivity index is 2.37. The van der Waals surface area contributed by atoms with Gasteiger partial charge in [-0.1, -0.05) is 23.7 Å². The summed E-state index contributed by atoms with van der Waals surface area (Å²) in [6, 6.07) is 4.39. The van der Waals surface area contributed by atoms with Gasteiger partial charge in [0.1, 0.15) is 5.82 Å². The zero-order valence-corrected chi connectivity index (χ0v) is 9.99. The highest BCUT2D eigenvalue weighted by molar-refractivity contribution is 6.31. The lowest BCUT2D eigenvalue weighted by atomic mass is 10.1. The van der Waals surface area contributed by atoms with Gasteiger partial charge in [0, 0.05) is 17.1 Å². The summed E-state index contributed by atoms with van der Waals surface area (Å²) in [5, 5.41) is 0.397. The number of nitrogens with two attached hydrogens (primary N) is 1. The van der Waals surface area contributed by atoms with E-state index in [1.165, 1.54) is 6.07 Å². The molecular weight excluding hydrogens is 241 g/mol. The fraction of sp³-hybridized carbons (Fsp3) is 0.250. The molecule has 0 aromatic heterocycles. The van der Waals surface area contributed by atoms with Gasteiger partial charge in [-0.3, -0.25) is 4.99 Å². The van der Waals surface area contributed by atoms with E-state index >= 15 is 0 Å². The number of hydrogen-bond acceptors (Lipinski definition) is 3. The number of aliphatic imine (C=N–C) groups is 1. The maximum absolute atomic E-state index is 13.8. The van der Waals surface area contributed by atoms with Crippen molar-refractivity contribution in [1.82, 2.24) is 4.90 Å². The third-order valence-electron chi connectivity index (χ3n) is 2.76. The number of nitrogens with zero attached hydrogens (tertiary/aromatic N) is 2. The van der Waals surface area contributed by atoms with E-state index in [0.29, 0.717) is 29.6 Å². The summed E-state index contributed by atoms with van der Waals surface area (Å²) in [7, 11) is 0. The maximum atomic E-state index is 13.8. The first-order chi connectivity index (χ1) is 8.15. The normalized spacial score (nSPS) is 19.3. The molecule has 1 aromatic carbocycles. The molecule has 2 N–H and O–H groups in total. The SMILES string of the molecule is C=CCN1C(N)=NCC1c1c(F)cccc1Cl. The van der Waals surface area contributed by atoms with Crippen molar-refractivity contribution in [3.05, 3.63) is 47.3 Å². The number of benzene rings is 1. The second kappa shape index (κ2) is 4.75. The van der Waals surface area contributed by atoms with Crippen LogP contribution in [0.2, 0.25) is 5.02 Å². The van der Waals surface area contributed by atoms with Crippen LogP contribution in [0.3, 0.4) is 0 Å². The molecule has 0 fully saturated rings. The Labute approximate surface area is 104 Å². The molecule has 2 rings (SSSR count). The highest BCUT2D eigenvalue weighted by Gasteiger charge is 2.30. The molecule has 1 aliphatic heterocycles. The van der Waals surface area contributed by atoms with Gasteiger partial charge in [-0.25, -0.2) is 4.39 Å². The molecule has 1 atom stereocenters. The first-order valence-electron chi connectivity index (χ1n) is 5.26. The lowest BCUT2D eigenvalue weighted by Crippen LogP contribution is -2.36. The van der Waals surface area contributed by atoms with Gasteiger partial charge in [0.25, 0.3) is 0 Å². The van der Waals surface area contributed by atoms with Crippen molar-refractivity contribution in [3.8, 4) is 0 Å². The van der Waals surface area contributed by atoms with Crippen LogP contribution in [0.1, 0.15) is 11.6 Å². The number of guanidine groups is 1. The Bertz CT molecular complexity index is 453. The lowest BCUT2D eigenvalue weighted by Gasteiger charge is -2.26. The van der Waals surface area contributed by atoms with Crippen molar-refractivity contribution in [3.63, 3.8) is 0 Å². The predicted octanol–water partition coefficient (Wildman–Crippen LogP) is 2.34. The van der Waals surface area contributed by atoms with Crippen LogP contribution in [0.5, 0.6) is 0 Å². The molecule has 3 nitrogen and oxygen atoms in total. The van der Waals surface area contributed by atoms with Gasteiger partial charge in [-0.05, 0) is 12.1 Å². The minimum absolute atomic E-state index is 0.248. The number of halogens is 2. The Hall–Kier alpha value is -1.55. The summed E-state index contributed by atoms with van der Waals surface area (Å²) in [5.41, 5.74) is 6.20. The first-order valence-corrected chi connectivity index (χ1v) is 5.64. The van der Waals surface area contributed by atoms with E-state index < -0.39 is 0 Å². The van der Waals surface area contributed by atoms with Gasteiger partial charge in [-0.2, -0.15) is 0 Å². The summed E-state index contributed by atoms with van der Waals surface area (Å²) >= 11 is 6.04. The molecule has 0 bridgehead atoms. The van der Waals surface area contributed by atoms with Gasteiger partial charge in [0.05, 0.1) is 12.6 Å². The molecule has 1 aliphatic rings. The highest BCUT2D eigenvalue weighted by atomic mass is 35.5. The van der Waals surface area contributed by atoms with Crippen LogP contribution < -0.4 is 5.73 Å². The van der Waals surface area contributed by atoms with E-state index in [-0.39, 0.29) is 11.9 Å². The zero-order valence-electron chi connectivity index (χ0n) is 9.24. The van der Waals surface area contributed by atoms with E-state index in [2.05, 4.69) is 11.6 Å². The second-order valence-electron chi connectivity index (χ2n) is 3.79. The average Bonchev–Trinajstić information content (AvgIpc) is 2.62. The topological polar surface area (TPSA) is 41.6 Å². The van der Waals surface area contributed by atoms with Gasteiger partial charge >= 0.3 is 0 Å². The summed E-state index contributed by atoms with van der Waals surface area (Å²) in [5.74, 6) is 0.0654. The minimum Gasteiger partial charge on any atom is -0.370 e. The summed E-state index contributed by atoms with van der Waals surface area (Å²) in [4.78, 5) is 5.91. The van der Waals surface area contributed by atoms with Gasteiger partial charge in [0.15, 0.2) is 5.96 Å². The fourth-order valence-electron chi connectivity index (χ4n) is 1.97. The van der Waals surface area contributed by atoms with Crippen LogP contribution in [-0.4, -0.2) is 23.9 Å². The molecule has 0 saturated heterocycles.